The molecule has 0 saturated heterocycles. The highest BCUT2D eigenvalue weighted by molar-refractivity contribution is 6.31. The van der Waals surface area contributed by atoms with Crippen LogP contribution < -0.4 is 10.6 Å². The van der Waals surface area contributed by atoms with Gasteiger partial charge in [0.1, 0.15) is 11.7 Å². The summed E-state index contributed by atoms with van der Waals surface area (Å²) < 4.78 is 0. The molecule has 2 N–H and O–H groups in total. The van der Waals surface area contributed by atoms with Crippen LogP contribution >= 0.6 is 11.6 Å². The quantitative estimate of drug-likeness (QED) is 0.871. The highest BCUT2D eigenvalue weighted by atomic mass is 35.5. The summed E-state index contributed by atoms with van der Waals surface area (Å²) in [6.07, 6.45) is 3.79. The number of hydrogen-bond acceptors (Lipinski definition) is 4. The van der Waals surface area contributed by atoms with E-state index >= 15 is 0 Å². The number of halogens is 1. The number of hydrogen-bond donors (Lipinski definition) is 2. The molecule has 1 unspecified atom stereocenters. The van der Waals surface area contributed by atoms with Crippen LogP contribution in [0.5, 0.6) is 0 Å². The van der Waals surface area contributed by atoms with E-state index in [4.69, 9.17) is 16.6 Å². The van der Waals surface area contributed by atoms with Crippen molar-refractivity contribution in [1.82, 2.24) is 15.6 Å². The number of benzene rings is 1. The first kappa shape index (κ1) is 16.8. The summed E-state index contributed by atoms with van der Waals surface area (Å²) in [5.41, 5.74) is 2.91. The van der Waals surface area contributed by atoms with E-state index in [1.54, 1.807) is 6.20 Å². The van der Waals surface area contributed by atoms with Gasteiger partial charge in [-0.2, -0.15) is 0 Å². The Bertz CT molecular complexity index is 903. The summed E-state index contributed by atoms with van der Waals surface area (Å²) in [5.74, 6) is 0.544. The number of rotatable bonds is 4. The van der Waals surface area contributed by atoms with Gasteiger partial charge >= 0.3 is 0 Å². The number of amides is 1. The molecule has 4 rings (SSSR count). The lowest BCUT2D eigenvalue weighted by molar-refractivity contribution is -0.118. The van der Waals surface area contributed by atoms with Crippen molar-refractivity contribution < 1.29 is 4.79 Å². The molecule has 1 amide bonds. The van der Waals surface area contributed by atoms with Crippen LogP contribution in [0.15, 0.2) is 64.9 Å². The van der Waals surface area contributed by atoms with Crippen LogP contribution in [-0.4, -0.2) is 22.8 Å². The lowest BCUT2D eigenvalue weighted by Crippen LogP contribution is -2.37. The molecular formula is C20H19ClN4O. The molecule has 5 nitrogen and oxygen atoms in total. The first-order chi connectivity index (χ1) is 12.6. The lowest BCUT2D eigenvalue weighted by atomic mass is 9.95. The van der Waals surface area contributed by atoms with E-state index in [9.17, 15) is 4.79 Å². The SMILES string of the molecule is CC1=C(C(=O)NC2CC2)C(c2ccccc2Cl)N=C(c2ccccn2)N1. The third-order valence-electron chi connectivity index (χ3n) is 4.51. The van der Waals surface area contributed by atoms with Crippen LogP contribution in [0.4, 0.5) is 0 Å². The van der Waals surface area contributed by atoms with Gasteiger partial charge in [-0.25, -0.2) is 0 Å². The average molecular weight is 367 g/mol. The number of aromatic nitrogens is 1. The zero-order valence-corrected chi connectivity index (χ0v) is 15.1. The van der Waals surface area contributed by atoms with Crippen molar-refractivity contribution >= 4 is 23.3 Å². The van der Waals surface area contributed by atoms with Crippen LogP contribution in [0.1, 0.15) is 37.1 Å². The Labute approximate surface area is 157 Å². The van der Waals surface area contributed by atoms with Gasteiger partial charge in [0, 0.05) is 23.0 Å². The van der Waals surface area contributed by atoms with Crippen molar-refractivity contribution in [2.24, 2.45) is 4.99 Å². The fraction of sp³-hybridized carbons (Fsp3) is 0.250. The largest absolute Gasteiger partial charge is 0.349 e. The molecule has 132 valence electrons. The number of allylic oxidation sites excluding steroid dienone is 1. The molecule has 1 atom stereocenters. The maximum atomic E-state index is 12.9. The molecule has 1 saturated carbocycles. The minimum absolute atomic E-state index is 0.0914. The van der Waals surface area contributed by atoms with Gasteiger partial charge in [0.05, 0.1) is 5.57 Å². The van der Waals surface area contributed by atoms with Crippen molar-refractivity contribution in [2.75, 3.05) is 0 Å². The van der Waals surface area contributed by atoms with E-state index in [1.165, 1.54) is 0 Å². The molecule has 1 aromatic carbocycles. The minimum atomic E-state index is -0.472. The Kier molecular flexibility index (Phi) is 4.47. The smallest absolute Gasteiger partial charge is 0.251 e. The average Bonchev–Trinajstić information content (AvgIpc) is 3.46. The molecule has 6 heteroatoms. The second-order valence-corrected chi connectivity index (χ2v) is 6.94. The molecule has 1 aliphatic carbocycles. The van der Waals surface area contributed by atoms with Crippen LogP contribution in [-0.2, 0) is 4.79 Å². The number of carbonyl (C=O) groups excluding carboxylic acids is 1. The van der Waals surface area contributed by atoms with Gasteiger partial charge in [0.15, 0.2) is 5.84 Å². The van der Waals surface area contributed by atoms with Gasteiger partial charge in [-0.1, -0.05) is 35.9 Å². The normalized spacial score (nSPS) is 19.6. The number of aliphatic imine (C=N–C) groups is 1. The molecule has 2 heterocycles. The highest BCUT2D eigenvalue weighted by Crippen LogP contribution is 2.35. The number of amidine groups is 1. The van der Waals surface area contributed by atoms with Gasteiger partial charge < -0.3 is 10.6 Å². The summed E-state index contributed by atoms with van der Waals surface area (Å²) in [7, 11) is 0. The van der Waals surface area contributed by atoms with Crippen LogP contribution in [0.2, 0.25) is 5.02 Å². The summed E-state index contributed by atoms with van der Waals surface area (Å²) in [6, 6.07) is 13.0. The zero-order valence-electron chi connectivity index (χ0n) is 14.4. The predicted octanol–water partition coefficient (Wildman–Crippen LogP) is 3.38. The van der Waals surface area contributed by atoms with E-state index < -0.39 is 6.04 Å². The van der Waals surface area contributed by atoms with Gasteiger partial charge in [0.2, 0.25) is 0 Å². The molecule has 2 aliphatic rings. The summed E-state index contributed by atoms with van der Waals surface area (Å²) in [5, 5.41) is 6.89. The Morgan fingerprint density at radius 1 is 1.19 bits per heavy atom. The first-order valence-electron chi connectivity index (χ1n) is 8.66. The Hall–Kier alpha value is -2.66. The molecule has 26 heavy (non-hydrogen) atoms. The van der Waals surface area contributed by atoms with Crippen molar-refractivity contribution in [3.63, 3.8) is 0 Å². The Morgan fingerprint density at radius 3 is 2.65 bits per heavy atom. The number of carbonyl (C=O) groups is 1. The summed E-state index contributed by atoms with van der Waals surface area (Å²) >= 11 is 6.43. The highest BCUT2D eigenvalue weighted by Gasteiger charge is 2.33. The fourth-order valence-corrected chi connectivity index (χ4v) is 3.26. The maximum absolute atomic E-state index is 12.9. The molecule has 0 radical (unpaired) electrons. The van der Waals surface area contributed by atoms with Gasteiger partial charge in [-0.05, 0) is 43.5 Å². The fourth-order valence-electron chi connectivity index (χ4n) is 3.02. The van der Waals surface area contributed by atoms with E-state index in [1.807, 2.05) is 49.4 Å². The van der Waals surface area contributed by atoms with Crippen molar-refractivity contribution in [1.29, 1.82) is 0 Å². The summed E-state index contributed by atoms with van der Waals surface area (Å²) in [6.45, 7) is 1.89. The lowest BCUT2D eigenvalue weighted by Gasteiger charge is -2.27. The molecule has 0 spiro atoms. The standard InChI is InChI=1S/C20H19ClN4O/c1-12-17(20(26)24-13-9-10-13)18(14-6-2-3-7-15(14)21)25-19(23-12)16-8-4-5-11-22-16/h2-8,11,13,18H,9-10H2,1H3,(H,23,25)(H,24,26). The van der Waals surface area contributed by atoms with Gasteiger partial charge in [-0.3, -0.25) is 14.8 Å². The number of pyridine rings is 1. The topological polar surface area (TPSA) is 66.4 Å². The third-order valence-corrected chi connectivity index (χ3v) is 4.85. The predicted molar refractivity (Wildman–Crippen MR) is 102 cm³/mol. The van der Waals surface area contributed by atoms with Crippen LogP contribution in [0.3, 0.4) is 0 Å². The van der Waals surface area contributed by atoms with E-state index in [2.05, 4.69) is 15.6 Å². The molecule has 1 fully saturated rings. The monoisotopic (exact) mass is 366 g/mol. The van der Waals surface area contributed by atoms with E-state index in [0.717, 1.165) is 29.8 Å². The zero-order chi connectivity index (χ0) is 18.1. The van der Waals surface area contributed by atoms with Gasteiger partial charge in [0.25, 0.3) is 5.91 Å². The van der Waals surface area contributed by atoms with E-state index in [-0.39, 0.29) is 11.9 Å². The first-order valence-corrected chi connectivity index (χ1v) is 9.03. The van der Waals surface area contributed by atoms with Crippen LogP contribution in [0, 0.1) is 0 Å². The second-order valence-electron chi connectivity index (χ2n) is 6.53. The van der Waals surface area contributed by atoms with Crippen molar-refractivity contribution in [2.45, 2.75) is 31.8 Å². The van der Waals surface area contributed by atoms with Crippen molar-refractivity contribution in [3.8, 4) is 0 Å². The molecule has 1 aromatic heterocycles. The Morgan fingerprint density at radius 2 is 1.96 bits per heavy atom. The number of nitrogens with one attached hydrogen (secondary N) is 2. The van der Waals surface area contributed by atoms with E-state index in [0.29, 0.717) is 16.4 Å². The second kappa shape index (κ2) is 6.92. The number of nitrogens with zero attached hydrogens (tertiary/aromatic N) is 2. The van der Waals surface area contributed by atoms with Crippen LogP contribution in [0.25, 0.3) is 0 Å². The maximum Gasteiger partial charge on any atom is 0.251 e. The molecule has 0 bridgehead atoms. The minimum Gasteiger partial charge on any atom is -0.349 e. The van der Waals surface area contributed by atoms with Crippen molar-refractivity contribution in [3.05, 3.63) is 76.2 Å². The molecule has 2 aromatic rings. The Balaban J connectivity index is 1.78. The third kappa shape index (κ3) is 3.35. The molecule has 1 aliphatic heterocycles. The molecular weight excluding hydrogens is 348 g/mol. The van der Waals surface area contributed by atoms with Gasteiger partial charge in [-0.15, -0.1) is 0 Å². The summed E-state index contributed by atoms with van der Waals surface area (Å²) in [4.78, 5) is 22.0.